The molecule has 3 aromatic rings. The molecule has 1 heterocycles. The molecule has 0 radical (unpaired) electrons. The molecule has 27 heavy (non-hydrogen) atoms. The van der Waals surface area contributed by atoms with Crippen molar-refractivity contribution in [1.29, 1.82) is 0 Å². The zero-order valence-corrected chi connectivity index (χ0v) is 14.4. The third kappa shape index (κ3) is 3.35. The highest BCUT2D eigenvalue weighted by molar-refractivity contribution is 5.99. The van der Waals surface area contributed by atoms with Crippen LogP contribution in [0.25, 0.3) is 22.4 Å². The normalized spacial score (nSPS) is 11.7. The van der Waals surface area contributed by atoms with Gasteiger partial charge < -0.3 is 10.2 Å². The summed E-state index contributed by atoms with van der Waals surface area (Å²) in [5.74, 6) is -2.72. The fourth-order valence-corrected chi connectivity index (χ4v) is 2.79. The van der Waals surface area contributed by atoms with Gasteiger partial charge in [0.25, 0.3) is 5.56 Å². The van der Waals surface area contributed by atoms with E-state index in [0.717, 1.165) is 0 Å². The molecule has 7 nitrogen and oxygen atoms in total. The van der Waals surface area contributed by atoms with E-state index in [2.05, 4.69) is 5.10 Å². The van der Waals surface area contributed by atoms with Crippen molar-refractivity contribution in [2.45, 2.75) is 13.0 Å². The maximum absolute atomic E-state index is 12.8. The fourth-order valence-electron chi connectivity index (χ4n) is 2.79. The van der Waals surface area contributed by atoms with Crippen LogP contribution < -0.4 is 5.56 Å². The zero-order valence-electron chi connectivity index (χ0n) is 14.4. The lowest BCUT2D eigenvalue weighted by Gasteiger charge is -2.17. The standard InChI is InChI=1S/C20H16N2O5/c1-12(19(24)25)22-18(23)16(20(26)27)15(13-8-4-2-5-9-13)17(21-22)14-10-6-3-7-11-14/h2-12H,1H3,(H,24,25)(H,26,27)/t12-/m1/s1. The summed E-state index contributed by atoms with van der Waals surface area (Å²) in [5, 5.41) is 23.3. The van der Waals surface area contributed by atoms with E-state index in [-0.39, 0.29) is 11.3 Å². The van der Waals surface area contributed by atoms with E-state index in [1.54, 1.807) is 60.7 Å². The van der Waals surface area contributed by atoms with Crippen LogP contribution in [0.5, 0.6) is 0 Å². The zero-order chi connectivity index (χ0) is 19.6. The van der Waals surface area contributed by atoms with E-state index in [0.29, 0.717) is 15.8 Å². The summed E-state index contributed by atoms with van der Waals surface area (Å²) < 4.78 is 0.709. The van der Waals surface area contributed by atoms with Gasteiger partial charge in [-0.3, -0.25) is 4.79 Å². The van der Waals surface area contributed by atoms with Crippen molar-refractivity contribution in [1.82, 2.24) is 9.78 Å². The molecule has 136 valence electrons. The Hall–Kier alpha value is -3.74. The summed E-state index contributed by atoms with van der Waals surface area (Å²) in [7, 11) is 0. The molecule has 7 heteroatoms. The lowest BCUT2D eigenvalue weighted by Crippen LogP contribution is -2.35. The Bertz CT molecular complexity index is 1060. The molecular formula is C20H16N2O5. The third-order valence-corrected chi connectivity index (χ3v) is 4.16. The summed E-state index contributed by atoms with van der Waals surface area (Å²) in [6, 6.07) is 16.0. The molecule has 2 N–H and O–H groups in total. The minimum absolute atomic E-state index is 0.160. The second kappa shape index (κ2) is 7.25. The first-order valence-electron chi connectivity index (χ1n) is 8.15. The second-order valence-corrected chi connectivity index (χ2v) is 5.90. The molecule has 0 fully saturated rings. The van der Waals surface area contributed by atoms with Crippen LogP contribution in [0.2, 0.25) is 0 Å². The van der Waals surface area contributed by atoms with Gasteiger partial charge in [-0.25, -0.2) is 14.3 Å². The van der Waals surface area contributed by atoms with E-state index in [1.165, 1.54) is 6.92 Å². The van der Waals surface area contributed by atoms with Crippen LogP contribution in [-0.2, 0) is 4.79 Å². The molecule has 0 spiro atoms. The van der Waals surface area contributed by atoms with Crippen molar-refractivity contribution >= 4 is 11.9 Å². The summed E-state index contributed by atoms with van der Waals surface area (Å²) in [6.07, 6.45) is 0. The summed E-state index contributed by atoms with van der Waals surface area (Å²) in [6.45, 7) is 1.28. The minimum atomic E-state index is -1.44. The van der Waals surface area contributed by atoms with Gasteiger partial charge in [0.2, 0.25) is 0 Å². The number of benzene rings is 2. The van der Waals surface area contributed by atoms with Crippen LogP contribution in [0, 0.1) is 0 Å². The second-order valence-electron chi connectivity index (χ2n) is 5.90. The SMILES string of the molecule is C[C@H](C(=O)O)n1nc(-c2ccccc2)c(-c2ccccc2)c(C(=O)O)c1=O. The van der Waals surface area contributed by atoms with Crippen molar-refractivity contribution in [2.24, 2.45) is 0 Å². The molecule has 0 bridgehead atoms. The fraction of sp³-hybridized carbons (Fsp3) is 0.100. The third-order valence-electron chi connectivity index (χ3n) is 4.16. The number of carbonyl (C=O) groups is 2. The van der Waals surface area contributed by atoms with E-state index in [9.17, 15) is 24.6 Å². The molecule has 0 unspecified atom stereocenters. The van der Waals surface area contributed by atoms with Crippen LogP contribution in [-0.4, -0.2) is 31.9 Å². The van der Waals surface area contributed by atoms with Crippen LogP contribution in [0.1, 0.15) is 23.3 Å². The molecule has 3 rings (SSSR count). The van der Waals surface area contributed by atoms with Crippen LogP contribution in [0.15, 0.2) is 65.5 Å². The van der Waals surface area contributed by atoms with E-state index in [1.807, 2.05) is 0 Å². The van der Waals surface area contributed by atoms with Gasteiger partial charge in [0.15, 0.2) is 6.04 Å². The average Bonchev–Trinajstić information content (AvgIpc) is 2.68. The van der Waals surface area contributed by atoms with Gasteiger partial charge in [-0.1, -0.05) is 60.7 Å². The molecule has 0 aliphatic heterocycles. The van der Waals surface area contributed by atoms with E-state index >= 15 is 0 Å². The van der Waals surface area contributed by atoms with Gasteiger partial charge in [0.05, 0.1) is 5.69 Å². The minimum Gasteiger partial charge on any atom is -0.480 e. The molecule has 0 saturated heterocycles. The Morgan fingerprint density at radius 3 is 1.93 bits per heavy atom. The van der Waals surface area contributed by atoms with Crippen molar-refractivity contribution in [3.63, 3.8) is 0 Å². The van der Waals surface area contributed by atoms with Crippen molar-refractivity contribution < 1.29 is 19.8 Å². The monoisotopic (exact) mass is 364 g/mol. The van der Waals surface area contributed by atoms with Gasteiger partial charge in [-0.15, -0.1) is 0 Å². The predicted molar refractivity (Wildman–Crippen MR) is 98.7 cm³/mol. The van der Waals surface area contributed by atoms with Gasteiger partial charge in [0.1, 0.15) is 5.56 Å². The maximum atomic E-state index is 12.8. The number of hydrogen-bond donors (Lipinski definition) is 2. The Morgan fingerprint density at radius 2 is 1.44 bits per heavy atom. The number of aliphatic carboxylic acids is 1. The topological polar surface area (TPSA) is 109 Å². The molecular weight excluding hydrogens is 348 g/mol. The van der Waals surface area contributed by atoms with Gasteiger partial charge in [-0.05, 0) is 12.5 Å². The van der Waals surface area contributed by atoms with E-state index in [4.69, 9.17) is 0 Å². The number of carboxylic acids is 2. The van der Waals surface area contributed by atoms with Crippen molar-refractivity contribution in [3.8, 4) is 22.4 Å². The van der Waals surface area contributed by atoms with Gasteiger partial charge in [-0.2, -0.15) is 5.10 Å². The maximum Gasteiger partial charge on any atom is 0.342 e. The molecule has 2 aromatic carbocycles. The first kappa shape index (κ1) is 18.1. The predicted octanol–water partition coefficient (Wildman–Crippen LogP) is 2.92. The molecule has 1 atom stereocenters. The summed E-state index contributed by atoms with van der Waals surface area (Å²) >= 11 is 0. The summed E-state index contributed by atoms with van der Waals surface area (Å²) in [4.78, 5) is 36.1. The smallest absolute Gasteiger partial charge is 0.342 e. The largest absolute Gasteiger partial charge is 0.480 e. The van der Waals surface area contributed by atoms with Crippen molar-refractivity contribution in [3.05, 3.63) is 76.6 Å². The lowest BCUT2D eigenvalue weighted by molar-refractivity contribution is -0.140. The highest BCUT2D eigenvalue weighted by Crippen LogP contribution is 2.32. The number of rotatable bonds is 5. The first-order chi connectivity index (χ1) is 12.9. The molecule has 0 saturated carbocycles. The number of aromatic nitrogens is 2. The molecule has 0 aliphatic carbocycles. The van der Waals surface area contributed by atoms with Crippen LogP contribution in [0.3, 0.4) is 0 Å². The van der Waals surface area contributed by atoms with Gasteiger partial charge in [0, 0.05) is 11.1 Å². The molecule has 1 aromatic heterocycles. The van der Waals surface area contributed by atoms with Crippen LogP contribution in [0.4, 0.5) is 0 Å². The Kier molecular flexibility index (Phi) is 4.85. The van der Waals surface area contributed by atoms with Crippen molar-refractivity contribution in [2.75, 3.05) is 0 Å². The molecule has 0 amide bonds. The van der Waals surface area contributed by atoms with Crippen LogP contribution >= 0.6 is 0 Å². The first-order valence-corrected chi connectivity index (χ1v) is 8.15. The Labute approximate surface area is 154 Å². The molecule has 0 aliphatic rings. The Morgan fingerprint density at radius 1 is 0.926 bits per heavy atom. The Balaban J connectivity index is 2.47. The average molecular weight is 364 g/mol. The lowest BCUT2D eigenvalue weighted by atomic mass is 9.95. The highest BCUT2D eigenvalue weighted by atomic mass is 16.4. The quantitative estimate of drug-likeness (QED) is 0.720. The number of nitrogens with zero attached hydrogens (tertiary/aromatic N) is 2. The number of aromatic carboxylic acids is 1. The number of carboxylic acid groups (broad SMARTS) is 2. The van der Waals surface area contributed by atoms with Gasteiger partial charge >= 0.3 is 11.9 Å². The highest BCUT2D eigenvalue weighted by Gasteiger charge is 2.28. The summed E-state index contributed by atoms with van der Waals surface area (Å²) in [5.41, 5.74) is -0.00204. The number of hydrogen-bond acceptors (Lipinski definition) is 4. The van der Waals surface area contributed by atoms with E-state index < -0.39 is 29.1 Å².